The van der Waals surface area contributed by atoms with Gasteiger partial charge < -0.3 is 10.0 Å². The maximum absolute atomic E-state index is 14.6. The van der Waals surface area contributed by atoms with E-state index in [2.05, 4.69) is 10.1 Å². The first-order valence-corrected chi connectivity index (χ1v) is 11.2. The second-order valence-corrected chi connectivity index (χ2v) is 8.99. The third-order valence-corrected chi connectivity index (χ3v) is 6.50. The Morgan fingerprint density at radius 1 is 1.29 bits per heavy atom. The number of hydrogen-bond acceptors (Lipinski definition) is 5. The van der Waals surface area contributed by atoms with Gasteiger partial charge in [-0.1, -0.05) is 53.8 Å². The summed E-state index contributed by atoms with van der Waals surface area (Å²) in [6.45, 7) is 2.30. The van der Waals surface area contributed by atoms with E-state index in [0.717, 1.165) is 17.7 Å². The SMILES string of the molecule is CCN(CC(O)(Cn1cncn1)c1ccc(F)cc1F)C(=S)SCc1cccc(Cl)c1. The molecule has 1 atom stereocenters. The van der Waals surface area contributed by atoms with Crippen molar-refractivity contribution in [1.82, 2.24) is 19.7 Å². The number of hydrogen-bond donors (Lipinski definition) is 1. The molecule has 0 bridgehead atoms. The van der Waals surface area contributed by atoms with Crippen LogP contribution in [0.3, 0.4) is 0 Å². The van der Waals surface area contributed by atoms with E-state index in [-0.39, 0.29) is 18.7 Å². The van der Waals surface area contributed by atoms with Crippen LogP contribution in [0.1, 0.15) is 18.1 Å². The van der Waals surface area contributed by atoms with E-state index in [1.807, 2.05) is 25.1 Å². The highest BCUT2D eigenvalue weighted by Gasteiger charge is 2.36. The number of halogens is 3. The van der Waals surface area contributed by atoms with E-state index in [4.69, 9.17) is 23.8 Å². The van der Waals surface area contributed by atoms with Crippen LogP contribution in [-0.4, -0.2) is 42.2 Å². The Morgan fingerprint density at radius 2 is 2.10 bits per heavy atom. The normalized spacial score (nSPS) is 13.1. The molecular formula is C21H21ClF2N4OS2. The number of benzene rings is 2. The molecule has 0 amide bonds. The lowest BCUT2D eigenvalue weighted by Crippen LogP contribution is -2.46. The van der Waals surface area contributed by atoms with Gasteiger partial charge in [0.2, 0.25) is 0 Å². The molecule has 0 radical (unpaired) electrons. The number of thiocarbonyl (C=S) groups is 1. The molecule has 0 saturated carbocycles. The summed E-state index contributed by atoms with van der Waals surface area (Å²) in [6, 6.07) is 10.6. The van der Waals surface area contributed by atoms with Gasteiger partial charge in [0.15, 0.2) is 0 Å². The van der Waals surface area contributed by atoms with Gasteiger partial charge in [-0.05, 0) is 30.7 Å². The van der Waals surface area contributed by atoms with E-state index < -0.39 is 17.2 Å². The highest BCUT2D eigenvalue weighted by atomic mass is 35.5. The average molecular weight is 483 g/mol. The fourth-order valence-electron chi connectivity index (χ4n) is 3.15. The molecule has 3 rings (SSSR count). The van der Waals surface area contributed by atoms with Gasteiger partial charge in [-0.15, -0.1) is 0 Å². The van der Waals surface area contributed by atoms with Gasteiger partial charge in [0.1, 0.15) is 34.2 Å². The van der Waals surface area contributed by atoms with Crippen molar-refractivity contribution in [3.8, 4) is 0 Å². The maximum Gasteiger partial charge on any atom is 0.137 e. The van der Waals surface area contributed by atoms with E-state index >= 15 is 0 Å². The summed E-state index contributed by atoms with van der Waals surface area (Å²) in [5.41, 5.74) is -0.744. The second kappa shape index (κ2) is 10.5. The van der Waals surface area contributed by atoms with Gasteiger partial charge in [-0.3, -0.25) is 0 Å². The van der Waals surface area contributed by atoms with Crippen LogP contribution >= 0.6 is 35.6 Å². The van der Waals surface area contributed by atoms with Crippen molar-refractivity contribution >= 4 is 39.9 Å². The van der Waals surface area contributed by atoms with Crippen LogP contribution in [0.15, 0.2) is 55.1 Å². The molecule has 5 nitrogen and oxygen atoms in total. The summed E-state index contributed by atoms with van der Waals surface area (Å²) in [5, 5.41) is 16.2. The Hall–Kier alpha value is -2.07. The first kappa shape index (κ1) is 23.6. The zero-order valence-corrected chi connectivity index (χ0v) is 19.1. The lowest BCUT2D eigenvalue weighted by Gasteiger charge is -2.35. The molecule has 1 unspecified atom stereocenters. The van der Waals surface area contributed by atoms with E-state index in [1.54, 1.807) is 11.0 Å². The van der Waals surface area contributed by atoms with Gasteiger partial charge in [0, 0.05) is 29.0 Å². The highest BCUT2D eigenvalue weighted by molar-refractivity contribution is 8.22. The molecule has 0 spiro atoms. The van der Waals surface area contributed by atoms with Crippen LogP contribution in [-0.2, 0) is 17.9 Å². The molecule has 0 fully saturated rings. The van der Waals surface area contributed by atoms with Gasteiger partial charge in [0.05, 0.1) is 13.1 Å². The van der Waals surface area contributed by atoms with Crippen LogP contribution in [0.5, 0.6) is 0 Å². The van der Waals surface area contributed by atoms with Crippen LogP contribution in [0.2, 0.25) is 5.02 Å². The molecule has 10 heteroatoms. The molecule has 0 aliphatic carbocycles. The summed E-state index contributed by atoms with van der Waals surface area (Å²) in [4.78, 5) is 5.66. The largest absolute Gasteiger partial charge is 0.381 e. The van der Waals surface area contributed by atoms with Gasteiger partial charge >= 0.3 is 0 Å². The van der Waals surface area contributed by atoms with E-state index in [9.17, 15) is 13.9 Å². The van der Waals surface area contributed by atoms with Crippen molar-refractivity contribution in [3.05, 3.63) is 82.9 Å². The highest BCUT2D eigenvalue weighted by Crippen LogP contribution is 2.29. The average Bonchev–Trinajstić information content (AvgIpc) is 3.23. The van der Waals surface area contributed by atoms with E-state index in [1.165, 1.54) is 35.2 Å². The molecule has 1 N–H and O–H groups in total. The molecule has 0 saturated heterocycles. The summed E-state index contributed by atoms with van der Waals surface area (Å²) in [5.74, 6) is -0.956. The van der Waals surface area contributed by atoms with Crippen molar-refractivity contribution in [2.45, 2.75) is 24.8 Å². The van der Waals surface area contributed by atoms with Crippen molar-refractivity contribution in [3.63, 3.8) is 0 Å². The number of likely N-dealkylation sites (N-methyl/N-ethyl adjacent to an activating group) is 1. The summed E-state index contributed by atoms with van der Waals surface area (Å²) < 4.78 is 30.0. The van der Waals surface area contributed by atoms with Gasteiger partial charge in [-0.2, -0.15) is 5.10 Å². The monoisotopic (exact) mass is 482 g/mol. The fourth-order valence-corrected chi connectivity index (χ4v) is 4.58. The van der Waals surface area contributed by atoms with Crippen molar-refractivity contribution < 1.29 is 13.9 Å². The molecule has 1 aromatic heterocycles. The number of aromatic nitrogens is 3. The van der Waals surface area contributed by atoms with Crippen molar-refractivity contribution in [1.29, 1.82) is 0 Å². The summed E-state index contributed by atoms with van der Waals surface area (Å²) in [7, 11) is 0. The second-order valence-electron chi connectivity index (χ2n) is 6.95. The van der Waals surface area contributed by atoms with Gasteiger partial charge in [-0.25, -0.2) is 18.4 Å². The molecule has 164 valence electrons. The summed E-state index contributed by atoms with van der Waals surface area (Å²) in [6.07, 6.45) is 2.75. The predicted molar refractivity (Wildman–Crippen MR) is 123 cm³/mol. The lowest BCUT2D eigenvalue weighted by molar-refractivity contribution is -0.00542. The predicted octanol–water partition coefficient (Wildman–Crippen LogP) is 4.64. The Bertz CT molecular complexity index is 1040. The zero-order valence-electron chi connectivity index (χ0n) is 16.7. The lowest BCUT2D eigenvalue weighted by atomic mass is 9.92. The number of thioether (sulfide) groups is 1. The van der Waals surface area contributed by atoms with Crippen LogP contribution in [0.4, 0.5) is 8.78 Å². The first-order chi connectivity index (χ1) is 14.8. The van der Waals surface area contributed by atoms with Gasteiger partial charge in [0.25, 0.3) is 0 Å². The zero-order chi connectivity index (χ0) is 22.4. The minimum Gasteiger partial charge on any atom is -0.381 e. The fraction of sp³-hybridized carbons (Fsp3) is 0.286. The third kappa shape index (κ3) is 6.22. The topological polar surface area (TPSA) is 54.2 Å². The van der Waals surface area contributed by atoms with Crippen molar-refractivity contribution in [2.75, 3.05) is 13.1 Å². The number of rotatable bonds is 8. The Balaban J connectivity index is 1.81. The van der Waals surface area contributed by atoms with E-state index in [0.29, 0.717) is 21.6 Å². The molecule has 3 aromatic rings. The Kier molecular flexibility index (Phi) is 7.99. The molecule has 0 aliphatic heterocycles. The third-order valence-electron chi connectivity index (χ3n) is 4.67. The first-order valence-electron chi connectivity index (χ1n) is 9.47. The molecule has 2 aromatic carbocycles. The standard InChI is InChI=1S/C21H21ClF2N4OS2/c1-2-27(20(30)31-10-15-4-3-5-16(22)8-15)11-21(29,12-28-14-25-13-26-28)18-7-6-17(23)9-19(18)24/h3-9,13-14,29H,2,10-12H2,1H3. The molecule has 1 heterocycles. The Morgan fingerprint density at radius 3 is 2.74 bits per heavy atom. The minimum absolute atomic E-state index is 0.00666. The maximum atomic E-state index is 14.6. The number of aliphatic hydroxyl groups is 1. The van der Waals surface area contributed by atoms with Crippen molar-refractivity contribution in [2.24, 2.45) is 0 Å². The van der Waals surface area contributed by atoms with Crippen LogP contribution < -0.4 is 0 Å². The molecular weight excluding hydrogens is 462 g/mol. The summed E-state index contributed by atoms with van der Waals surface area (Å²) >= 11 is 13.0. The molecule has 0 aliphatic rings. The quantitative estimate of drug-likeness (QED) is 0.472. The smallest absolute Gasteiger partial charge is 0.137 e. The molecule has 31 heavy (non-hydrogen) atoms. The van der Waals surface area contributed by atoms with Crippen LogP contribution in [0, 0.1) is 11.6 Å². The Labute approximate surface area is 194 Å². The van der Waals surface area contributed by atoms with Crippen LogP contribution in [0.25, 0.3) is 0 Å². The number of nitrogens with zero attached hydrogens (tertiary/aromatic N) is 4. The minimum atomic E-state index is -1.72.